The molecule has 2 aromatic rings. The van der Waals surface area contributed by atoms with Crippen molar-refractivity contribution in [1.29, 1.82) is 0 Å². The summed E-state index contributed by atoms with van der Waals surface area (Å²) in [6.07, 6.45) is -0.0000914. The van der Waals surface area contributed by atoms with E-state index in [0.717, 1.165) is 5.56 Å². The standard InChI is InChI=1S/C18H20N2O3/c1-14(15-9-5-3-6-10-15)19-17(21)13-18(20-22-2)23-16-11-7-4-8-12-16/h3-12,14H,13H2,1-2H3,(H,19,21). The van der Waals surface area contributed by atoms with E-state index in [-0.39, 0.29) is 24.3 Å². The SMILES string of the molecule is CON=C(CC(=O)NC(C)c1ccccc1)Oc1ccccc1. The molecule has 0 fully saturated rings. The Bertz CT molecular complexity index is 642. The molecule has 1 atom stereocenters. The maximum Gasteiger partial charge on any atom is 0.240 e. The molecule has 0 aliphatic heterocycles. The van der Waals surface area contributed by atoms with Crippen LogP contribution < -0.4 is 10.1 Å². The minimum atomic E-state index is -0.187. The van der Waals surface area contributed by atoms with Crippen molar-refractivity contribution in [1.82, 2.24) is 5.32 Å². The highest BCUT2D eigenvalue weighted by Crippen LogP contribution is 2.13. The number of benzene rings is 2. The molecule has 0 radical (unpaired) electrons. The predicted molar refractivity (Wildman–Crippen MR) is 89.1 cm³/mol. The molecule has 23 heavy (non-hydrogen) atoms. The van der Waals surface area contributed by atoms with Crippen molar-refractivity contribution in [3.63, 3.8) is 0 Å². The van der Waals surface area contributed by atoms with Crippen molar-refractivity contribution in [2.45, 2.75) is 19.4 Å². The van der Waals surface area contributed by atoms with Gasteiger partial charge in [0, 0.05) is 0 Å². The zero-order valence-corrected chi connectivity index (χ0v) is 13.2. The number of oxime groups is 1. The summed E-state index contributed by atoms with van der Waals surface area (Å²) in [5.41, 5.74) is 1.04. The first-order chi connectivity index (χ1) is 11.2. The average Bonchev–Trinajstić information content (AvgIpc) is 2.56. The van der Waals surface area contributed by atoms with E-state index in [1.165, 1.54) is 7.11 Å². The zero-order chi connectivity index (χ0) is 16.5. The van der Waals surface area contributed by atoms with Crippen LogP contribution in [0.1, 0.15) is 24.9 Å². The summed E-state index contributed by atoms with van der Waals surface area (Å²) in [5, 5.41) is 6.69. The van der Waals surface area contributed by atoms with Gasteiger partial charge in [0.05, 0.1) is 6.04 Å². The maximum absolute atomic E-state index is 12.2. The van der Waals surface area contributed by atoms with E-state index in [0.29, 0.717) is 5.75 Å². The molecule has 1 unspecified atom stereocenters. The normalized spacial score (nSPS) is 12.3. The molecule has 0 heterocycles. The second kappa shape index (κ2) is 8.58. The van der Waals surface area contributed by atoms with Crippen LogP contribution in [0, 0.1) is 0 Å². The Hall–Kier alpha value is -2.82. The highest BCUT2D eigenvalue weighted by molar-refractivity contribution is 5.97. The van der Waals surface area contributed by atoms with Crippen LogP contribution >= 0.6 is 0 Å². The van der Waals surface area contributed by atoms with Gasteiger partial charge in [0.25, 0.3) is 0 Å². The molecule has 0 aliphatic carbocycles. The highest BCUT2D eigenvalue weighted by atomic mass is 16.6. The number of nitrogens with one attached hydrogen (secondary N) is 1. The van der Waals surface area contributed by atoms with Crippen LogP contribution in [0.25, 0.3) is 0 Å². The van der Waals surface area contributed by atoms with Gasteiger partial charge in [-0.1, -0.05) is 53.7 Å². The van der Waals surface area contributed by atoms with Crippen LogP contribution in [-0.4, -0.2) is 18.9 Å². The Kier molecular flexibility index (Phi) is 6.17. The minimum absolute atomic E-state index is 0.0000914. The number of nitrogens with zero attached hydrogens (tertiary/aromatic N) is 1. The first-order valence-electron chi connectivity index (χ1n) is 7.36. The first-order valence-corrected chi connectivity index (χ1v) is 7.36. The van der Waals surface area contributed by atoms with Crippen molar-refractivity contribution in [2.75, 3.05) is 7.11 Å². The zero-order valence-electron chi connectivity index (χ0n) is 13.2. The van der Waals surface area contributed by atoms with E-state index in [1.807, 2.05) is 55.5 Å². The lowest BCUT2D eigenvalue weighted by Gasteiger charge is -2.15. The molecule has 2 rings (SSSR count). The van der Waals surface area contributed by atoms with Crippen LogP contribution in [-0.2, 0) is 9.63 Å². The highest BCUT2D eigenvalue weighted by Gasteiger charge is 2.14. The van der Waals surface area contributed by atoms with Crippen LogP contribution in [0.2, 0.25) is 0 Å². The third-order valence-electron chi connectivity index (χ3n) is 3.16. The molecule has 0 aromatic heterocycles. The van der Waals surface area contributed by atoms with Gasteiger partial charge in [0.1, 0.15) is 19.3 Å². The summed E-state index contributed by atoms with van der Waals surface area (Å²) in [6.45, 7) is 1.93. The predicted octanol–water partition coefficient (Wildman–Crippen LogP) is 3.29. The van der Waals surface area contributed by atoms with Crippen molar-refractivity contribution in [2.24, 2.45) is 5.16 Å². The van der Waals surface area contributed by atoms with Crippen LogP contribution in [0.3, 0.4) is 0 Å². The summed E-state index contributed by atoms with van der Waals surface area (Å²) in [7, 11) is 1.42. The molecule has 1 amide bonds. The van der Waals surface area contributed by atoms with E-state index in [4.69, 9.17) is 9.57 Å². The smallest absolute Gasteiger partial charge is 0.240 e. The monoisotopic (exact) mass is 312 g/mol. The Morgan fingerprint density at radius 1 is 1.09 bits per heavy atom. The van der Waals surface area contributed by atoms with Crippen molar-refractivity contribution < 1.29 is 14.4 Å². The molecule has 5 nitrogen and oxygen atoms in total. The second-order valence-corrected chi connectivity index (χ2v) is 4.96. The van der Waals surface area contributed by atoms with E-state index < -0.39 is 0 Å². The average molecular weight is 312 g/mol. The topological polar surface area (TPSA) is 59.9 Å². The van der Waals surface area contributed by atoms with Crippen LogP contribution in [0.15, 0.2) is 65.8 Å². The van der Waals surface area contributed by atoms with Crippen molar-refractivity contribution in [3.8, 4) is 5.75 Å². The van der Waals surface area contributed by atoms with Gasteiger partial charge in [0.2, 0.25) is 11.8 Å². The molecule has 0 spiro atoms. The lowest BCUT2D eigenvalue weighted by atomic mass is 10.1. The Morgan fingerprint density at radius 2 is 1.70 bits per heavy atom. The van der Waals surface area contributed by atoms with Crippen LogP contribution in [0.5, 0.6) is 5.75 Å². The summed E-state index contributed by atoms with van der Waals surface area (Å²) < 4.78 is 5.58. The van der Waals surface area contributed by atoms with Gasteiger partial charge in [-0.15, -0.1) is 0 Å². The van der Waals surface area contributed by atoms with E-state index in [1.54, 1.807) is 12.1 Å². The quantitative estimate of drug-likeness (QED) is 0.506. The Labute approximate surface area is 135 Å². The molecule has 0 aliphatic rings. The molecular weight excluding hydrogens is 292 g/mol. The summed E-state index contributed by atoms with van der Waals surface area (Å²) >= 11 is 0. The molecule has 0 saturated carbocycles. The summed E-state index contributed by atoms with van der Waals surface area (Å²) in [6, 6.07) is 18.8. The van der Waals surface area contributed by atoms with Crippen molar-refractivity contribution in [3.05, 3.63) is 66.2 Å². The fraction of sp³-hybridized carbons (Fsp3) is 0.222. The van der Waals surface area contributed by atoms with Gasteiger partial charge < -0.3 is 14.9 Å². The fourth-order valence-electron chi connectivity index (χ4n) is 2.07. The number of para-hydroxylation sites is 1. The lowest BCUT2D eigenvalue weighted by molar-refractivity contribution is -0.120. The molecule has 120 valence electrons. The molecule has 5 heteroatoms. The summed E-state index contributed by atoms with van der Waals surface area (Å²) in [4.78, 5) is 16.9. The Morgan fingerprint density at radius 3 is 2.30 bits per heavy atom. The van der Waals surface area contributed by atoms with Gasteiger partial charge in [-0.25, -0.2) is 0 Å². The number of hydrogen-bond donors (Lipinski definition) is 1. The third kappa shape index (κ3) is 5.47. The number of carbonyl (C=O) groups excluding carboxylic acids is 1. The minimum Gasteiger partial charge on any atom is -0.439 e. The molecular formula is C18H20N2O3. The van der Waals surface area contributed by atoms with Gasteiger partial charge in [-0.05, 0) is 24.6 Å². The fourth-order valence-corrected chi connectivity index (χ4v) is 2.07. The maximum atomic E-state index is 12.2. The van der Waals surface area contributed by atoms with Gasteiger partial charge in [-0.2, -0.15) is 0 Å². The number of hydrogen-bond acceptors (Lipinski definition) is 4. The number of rotatable bonds is 6. The lowest BCUT2D eigenvalue weighted by Crippen LogP contribution is -2.30. The molecule has 0 bridgehead atoms. The molecule has 2 aromatic carbocycles. The second-order valence-electron chi connectivity index (χ2n) is 4.96. The largest absolute Gasteiger partial charge is 0.439 e. The van der Waals surface area contributed by atoms with E-state index >= 15 is 0 Å². The van der Waals surface area contributed by atoms with Gasteiger partial charge in [-0.3, -0.25) is 4.79 Å². The van der Waals surface area contributed by atoms with Gasteiger partial charge in [0.15, 0.2) is 0 Å². The van der Waals surface area contributed by atoms with Crippen molar-refractivity contribution >= 4 is 11.8 Å². The number of carbonyl (C=O) groups is 1. The molecule has 0 saturated heterocycles. The number of ether oxygens (including phenoxy) is 1. The summed E-state index contributed by atoms with van der Waals surface area (Å²) in [5.74, 6) is 0.622. The van der Waals surface area contributed by atoms with Gasteiger partial charge >= 0.3 is 0 Å². The van der Waals surface area contributed by atoms with Crippen LogP contribution in [0.4, 0.5) is 0 Å². The Balaban J connectivity index is 1.94. The number of amides is 1. The van der Waals surface area contributed by atoms with E-state index in [9.17, 15) is 4.79 Å². The third-order valence-corrected chi connectivity index (χ3v) is 3.16. The first kappa shape index (κ1) is 16.5. The van der Waals surface area contributed by atoms with E-state index in [2.05, 4.69) is 10.5 Å². The molecule has 1 N–H and O–H groups in total.